The van der Waals surface area contributed by atoms with Crippen LogP contribution in [0.15, 0.2) is 30.3 Å². The maximum Gasteiger partial charge on any atom is 0.249 e. The van der Waals surface area contributed by atoms with Gasteiger partial charge in [0.15, 0.2) is 0 Å². The Labute approximate surface area is 133 Å². The van der Waals surface area contributed by atoms with Crippen molar-refractivity contribution in [3.05, 3.63) is 30.3 Å². The molecule has 1 aliphatic heterocycles. The number of rotatable bonds is 4. The van der Waals surface area contributed by atoms with Crippen LogP contribution in [0.25, 0.3) is 11.4 Å². The maximum atomic E-state index is 12.6. The van der Waals surface area contributed by atoms with Crippen molar-refractivity contribution in [2.75, 3.05) is 26.3 Å². The van der Waals surface area contributed by atoms with Gasteiger partial charge in [-0.05, 0) is 12.1 Å². The largest absolute Gasteiger partial charge is 0.394 e. The number of hydrogen-bond donors (Lipinski definition) is 1. The van der Waals surface area contributed by atoms with Crippen LogP contribution in [0.3, 0.4) is 0 Å². The zero-order valence-corrected chi connectivity index (χ0v) is 12.9. The van der Waals surface area contributed by atoms with Crippen molar-refractivity contribution < 1.29 is 14.6 Å². The normalized spacial score (nSPS) is 19.6. The van der Waals surface area contributed by atoms with E-state index in [1.54, 1.807) is 11.8 Å². The second-order valence-electron chi connectivity index (χ2n) is 5.44. The fraction of sp³-hybridized carbons (Fsp3) is 0.467. The molecule has 0 unspecified atom stereocenters. The summed E-state index contributed by atoms with van der Waals surface area (Å²) >= 11 is 0. The van der Waals surface area contributed by atoms with Crippen LogP contribution in [0.5, 0.6) is 0 Å². The van der Waals surface area contributed by atoms with Crippen molar-refractivity contribution in [2.45, 2.75) is 19.1 Å². The van der Waals surface area contributed by atoms with Crippen molar-refractivity contribution >= 4 is 5.91 Å². The Hall–Kier alpha value is -2.32. The van der Waals surface area contributed by atoms with Gasteiger partial charge in [0, 0.05) is 18.7 Å². The number of morpholine rings is 1. The molecule has 0 saturated carbocycles. The second-order valence-corrected chi connectivity index (χ2v) is 5.44. The maximum absolute atomic E-state index is 12.6. The summed E-state index contributed by atoms with van der Waals surface area (Å²) in [6.07, 6.45) is -0.330. The van der Waals surface area contributed by atoms with E-state index < -0.39 is 6.04 Å². The molecule has 1 amide bonds. The van der Waals surface area contributed by atoms with Gasteiger partial charge in [0.05, 0.1) is 19.3 Å². The highest BCUT2D eigenvalue weighted by Gasteiger charge is 2.29. The first-order chi connectivity index (χ1) is 11.2. The Morgan fingerprint density at radius 1 is 1.43 bits per heavy atom. The van der Waals surface area contributed by atoms with Gasteiger partial charge < -0.3 is 14.7 Å². The minimum Gasteiger partial charge on any atom is -0.394 e. The standard InChI is InChI=1S/C15H19N5O3/c1-11(15(22)19-7-8-23-13(9-19)10-21)20-17-14(16-18-20)12-5-3-2-4-6-12/h2-6,11,13,21H,7-10H2,1H3/t11-,13-/m0/s1. The molecule has 23 heavy (non-hydrogen) atoms. The van der Waals surface area contributed by atoms with E-state index in [1.807, 2.05) is 30.3 Å². The second kappa shape index (κ2) is 6.84. The van der Waals surface area contributed by atoms with Crippen molar-refractivity contribution in [3.63, 3.8) is 0 Å². The Morgan fingerprint density at radius 3 is 2.96 bits per heavy atom. The number of aliphatic hydroxyl groups excluding tert-OH is 1. The number of aliphatic hydroxyl groups is 1. The molecule has 1 fully saturated rings. The van der Waals surface area contributed by atoms with Crippen LogP contribution >= 0.6 is 0 Å². The van der Waals surface area contributed by atoms with E-state index in [1.165, 1.54) is 4.80 Å². The smallest absolute Gasteiger partial charge is 0.249 e. The van der Waals surface area contributed by atoms with Gasteiger partial charge in [-0.25, -0.2) is 0 Å². The molecule has 0 aliphatic carbocycles. The molecule has 1 saturated heterocycles. The highest BCUT2D eigenvalue weighted by molar-refractivity contribution is 5.80. The van der Waals surface area contributed by atoms with Gasteiger partial charge in [0.2, 0.25) is 11.7 Å². The molecule has 1 aromatic heterocycles. The minimum atomic E-state index is -0.558. The van der Waals surface area contributed by atoms with Crippen LogP contribution in [0, 0.1) is 0 Å². The number of amides is 1. The van der Waals surface area contributed by atoms with Crippen LogP contribution in [0.4, 0.5) is 0 Å². The van der Waals surface area contributed by atoms with E-state index in [0.717, 1.165) is 5.56 Å². The lowest BCUT2D eigenvalue weighted by molar-refractivity contribution is -0.143. The summed E-state index contributed by atoms with van der Waals surface area (Å²) < 4.78 is 5.36. The molecule has 1 aromatic carbocycles. The van der Waals surface area contributed by atoms with E-state index in [9.17, 15) is 9.90 Å². The van der Waals surface area contributed by atoms with Crippen molar-refractivity contribution in [2.24, 2.45) is 0 Å². The van der Waals surface area contributed by atoms with Crippen molar-refractivity contribution in [3.8, 4) is 11.4 Å². The van der Waals surface area contributed by atoms with Crippen LogP contribution in [-0.4, -0.2) is 68.5 Å². The zero-order valence-electron chi connectivity index (χ0n) is 12.9. The monoisotopic (exact) mass is 317 g/mol. The summed E-state index contributed by atoms with van der Waals surface area (Å²) in [6.45, 7) is 2.93. The van der Waals surface area contributed by atoms with Crippen LogP contribution < -0.4 is 0 Å². The first kappa shape index (κ1) is 15.6. The topological polar surface area (TPSA) is 93.4 Å². The minimum absolute atomic E-state index is 0.0993. The summed E-state index contributed by atoms with van der Waals surface area (Å²) in [5.74, 6) is 0.379. The number of carbonyl (C=O) groups is 1. The molecule has 8 nitrogen and oxygen atoms in total. The van der Waals surface area contributed by atoms with Gasteiger partial charge in [-0.1, -0.05) is 30.3 Å². The summed E-state index contributed by atoms with van der Waals surface area (Å²) in [7, 11) is 0. The van der Waals surface area contributed by atoms with Crippen molar-refractivity contribution in [1.82, 2.24) is 25.1 Å². The van der Waals surface area contributed by atoms with Gasteiger partial charge in [0.1, 0.15) is 6.04 Å². The average Bonchev–Trinajstić information content (AvgIpc) is 3.11. The fourth-order valence-electron chi connectivity index (χ4n) is 2.48. The third kappa shape index (κ3) is 3.38. The molecule has 1 aliphatic rings. The van der Waals surface area contributed by atoms with E-state index in [0.29, 0.717) is 25.5 Å². The van der Waals surface area contributed by atoms with Crippen molar-refractivity contribution in [1.29, 1.82) is 0 Å². The van der Waals surface area contributed by atoms with E-state index in [2.05, 4.69) is 15.4 Å². The van der Waals surface area contributed by atoms with E-state index in [-0.39, 0.29) is 18.6 Å². The van der Waals surface area contributed by atoms with Crippen LogP contribution in [-0.2, 0) is 9.53 Å². The SMILES string of the molecule is C[C@@H](C(=O)N1CCO[C@H](CO)C1)n1nnc(-c2ccccc2)n1. The molecule has 0 radical (unpaired) electrons. The number of tetrazole rings is 1. The predicted octanol–water partition coefficient (Wildman–Crippen LogP) is 0.121. The molecule has 1 N–H and O–H groups in total. The Morgan fingerprint density at radius 2 is 2.22 bits per heavy atom. The predicted molar refractivity (Wildman–Crippen MR) is 81.4 cm³/mol. The highest BCUT2D eigenvalue weighted by Crippen LogP contribution is 2.16. The lowest BCUT2D eigenvalue weighted by atomic mass is 10.2. The summed E-state index contributed by atoms with van der Waals surface area (Å²) in [6, 6.07) is 8.93. The number of carbonyl (C=O) groups excluding carboxylic acids is 1. The van der Waals surface area contributed by atoms with Gasteiger partial charge in [-0.3, -0.25) is 4.79 Å². The number of hydrogen-bond acceptors (Lipinski definition) is 6. The molecule has 0 bridgehead atoms. The Bertz CT molecular complexity index is 660. The molecule has 8 heteroatoms. The molecule has 2 aromatic rings. The first-order valence-electron chi connectivity index (χ1n) is 7.55. The van der Waals surface area contributed by atoms with E-state index >= 15 is 0 Å². The molecule has 3 rings (SSSR count). The number of nitrogens with zero attached hydrogens (tertiary/aromatic N) is 5. The van der Waals surface area contributed by atoms with Gasteiger partial charge in [-0.15, -0.1) is 10.2 Å². The first-order valence-corrected chi connectivity index (χ1v) is 7.55. The Balaban J connectivity index is 1.71. The lowest BCUT2D eigenvalue weighted by Crippen LogP contribution is -2.49. The average molecular weight is 317 g/mol. The van der Waals surface area contributed by atoms with Gasteiger partial charge in [0.25, 0.3) is 0 Å². The number of ether oxygens (including phenoxy) is 1. The Kier molecular flexibility index (Phi) is 4.63. The molecular formula is C15H19N5O3. The quantitative estimate of drug-likeness (QED) is 0.861. The highest BCUT2D eigenvalue weighted by atomic mass is 16.5. The van der Waals surface area contributed by atoms with Crippen LogP contribution in [0.1, 0.15) is 13.0 Å². The van der Waals surface area contributed by atoms with Crippen LogP contribution in [0.2, 0.25) is 0 Å². The summed E-state index contributed by atoms with van der Waals surface area (Å²) in [4.78, 5) is 15.6. The van der Waals surface area contributed by atoms with Gasteiger partial charge >= 0.3 is 0 Å². The summed E-state index contributed by atoms with van der Waals surface area (Å²) in [5, 5.41) is 21.5. The summed E-state index contributed by atoms with van der Waals surface area (Å²) in [5.41, 5.74) is 0.852. The molecular weight excluding hydrogens is 298 g/mol. The number of benzene rings is 1. The van der Waals surface area contributed by atoms with Gasteiger partial charge in [-0.2, -0.15) is 4.80 Å². The lowest BCUT2D eigenvalue weighted by Gasteiger charge is -2.33. The molecule has 0 spiro atoms. The molecule has 2 atom stereocenters. The fourth-order valence-corrected chi connectivity index (χ4v) is 2.48. The third-order valence-electron chi connectivity index (χ3n) is 3.82. The zero-order chi connectivity index (χ0) is 16.2. The number of aromatic nitrogens is 4. The molecule has 2 heterocycles. The molecule has 122 valence electrons. The third-order valence-corrected chi connectivity index (χ3v) is 3.82. The van der Waals surface area contributed by atoms with E-state index in [4.69, 9.17) is 4.74 Å².